The van der Waals surface area contributed by atoms with Crippen molar-refractivity contribution in [3.05, 3.63) is 35.6 Å². The van der Waals surface area contributed by atoms with Crippen molar-refractivity contribution in [1.82, 2.24) is 4.90 Å². The summed E-state index contributed by atoms with van der Waals surface area (Å²) >= 11 is 0. The second kappa shape index (κ2) is 8.41. The van der Waals surface area contributed by atoms with Gasteiger partial charge in [0.05, 0.1) is 13.0 Å². The first-order valence-corrected chi connectivity index (χ1v) is 8.12. The van der Waals surface area contributed by atoms with Crippen molar-refractivity contribution in [2.45, 2.75) is 26.2 Å². The minimum atomic E-state index is -0.329. The normalized spacial score (nSPS) is 17.0. The number of ether oxygens (including phenoxy) is 2. The molecule has 128 valence electrons. The topological polar surface area (TPSA) is 38.8 Å². The van der Waals surface area contributed by atoms with Gasteiger partial charge in [0.2, 0.25) is 5.91 Å². The second-order valence-electron chi connectivity index (χ2n) is 6.50. The molecule has 1 fully saturated rings. The molecule has 1 amide bonds. The second-order valence-corrected chi connectivity index (χ2v) is 6.50. The van der Waals surface area contributed by atoms with E-state index in [0.29, 0.717) is 25.3 Å². The molecule has 0 saturated carbocycles. The molecule has 1 aromatic rings. The molecule has 0 radical (unpaired) electrons. The summed E-state index contributed by atoms with van der Waals surface area (Å²) in [5.41, 5.74) is 0.494. The van der Waals surface area contributed by atoms with E-state index in [1.54, 1.807) is 30.2 Å². The molecule has 0 atom stereocenters. The number of benzene rings is 1. The van der Waals surface area contributed by atoms with Gasteiger partial charge in [-0.25, -0.2) is 4.39 Å². The minimum Gasteiger partial charge on any atom is -0.383 e. The molecule has 1 aromatic carbocycles. The summed E-state index contributed by atoms with van der Waals surface area (Å²) < 4.78 is 24.3. The molecule has 4 nitrogen and oxygen atoms in total. The first kappa shape index (κ1) is 17.9. The van der Waals surface area contributed by atoms with Crippen molar-refractivity contribution in [3.63, 3.8) is 0 Å². The van der Waals surface area contributed by atoms with Crippen LogP contribution in [0.3, 0.4) is 0 Å². The molecule has 0 spiro atoms. The Kier molecular flexibility index (Phi) is 6.54. The lowest BCUT2D eigenvalue weighted by Gasteiger charge is -2.38. The van der Waals surface area contributed by atoms with E-state index in [4.69, 9.17) is 9.47 Å². The molecule has 0 bridgehead atoms. The van der Waals surface area contributed by atoms with E-state index in [-0.39, 0.29) is 23.6 Å². The maximum absolute atomic E-state index is 13.8. The van der Waals surface area contributed by atoms with Crippen LogP contribution in [0.25, 0.3) is 0 Å². The summed E-state index contributed by atoms with van der Waals surface area (Å²) in [6.07, 6.45) is 1.95. The molecule has 0 aromatic heterocycles. The van der Waals surface area contributed by atoms with E-state index in [2.05, 4.69) is 6.92 Å². The van der Waals surface area contributed by atoms with Crippen LogP contribution in [-0.2, 0) is 20.7 Å². The summed E-state index contributed by atoms with van der Waals surface area (Å²) in [5, 5.41) is 0. The van der Waals surface area contributed by atoms with Gasteiger partial charge in [-0.1, -0.05) is 25.1 Å². The van der Waals surface area contributed by atoms with Crippen molar-refractivity contribution in [1.29, 1.82) is 0 Å². The van der Waals surface area contributed by atoms with Crippen molar-refractivity contribution in [3.8, 4) is 0 Å². The monoisotopic (exact) mass is 323 g/mol. The van der Waals surface area contributed by atoms with Gasteiger partial charge >= 0.3 is 0 Å². The third kappa shape index (κ3) is 5.29. The van der Waals surface area contributed by atoms with Gasteiger partial charge in [-0.3, -0.25) is 4.79 Å². The highest BCUT2D eigenvalue weighted by molar-refractivity contribution is 5.78. The fourth-order valence-electron chi connectivity index (χ4n) is 2.89. The number of carbonyl (C=O) groups excluding carboxylic acids is 1. The molecule has 1 heterocycles. The third-order valence-electron chi connectivity index (χ3n) is 4.49. The Labute approximate surface area is 137 Å². The van der Waals surface area contributed by atoms with Crippen LogP contribution in [0.1, 0.15) is 25.3 Å². The molecule has 1 saturated heterocycles. The maximum atomic E-state index is 13.8. The predicted molar refractivity (Wildman–Crippen MR) is 86.7 cm³/mol. The quantitative estimate of drug-likeness (QED) is 0.774. The van der Waals surface area contributed by atoms with Gasteiger partial charge in [0.1, 0.15) is 5.82 Å². The molecule has 2 rings (SSSR count). The van der Waals surface area contributed by atoms with Crippen LogP contribution in [0, 0.1) is 11.2 Å². The van der Waals surface area contributed by atoms with E-state index in [9.17, 15) is 9.18 Å². The van der Waals surface area contributed by atoms with E-state index in [0.717, 1.165) is 26.1 Å². The number of carbonyl (C=O) groups is 1. The summed E-state index contributed by atoms with van der Waals surface area (Å²) in [6.45, 7) is 5.32. The number of methoxy groups -OCH3 is 1. The average molecular weight is 323 g/mol. The smallest absolute Gasteiger partial charge is 0.227 e. The molecular formula is C18H26FNO3. The number of amides is 1. The van der Waals surface area contributed by atoms with Crippen LogP contribution in [0.4, 0.5) is 4.39 Å². The molecule has 0 unspecified atom stereocenters. The summed E-state index contributed by atoms with van der Waals surface area (Å²) in [4.78, 5) is 14.5. The van der Waals surface area contributed by atoms with Crippen LogP contribution in [0.2, 0.25) is 0 Å². The zero-order valence-corrected chi connectivity index (χ0v) is 14.0. The highest BCUT2D eigenvalue weighted by Gasteiger charge is 2.31. The Morgan fingerprint density at radius 1 is 1.35 bits per heavy atom. The Hall–Kier alpha value is -1.46. The van der Waals surface area contributed by atoms with Crippen LogP contribution >= 0.6 is 0 Å². The van der Waals surface area contributed by atoms with Gasteiger partial charge < -0.3 is 14.4 Å². The van der Waals surface area contributed by atoms with Gasteiger partial charge in [0.25, 0.3) is 0 Å². The van der Waals surface area contributed by atoms with E-state index >= 15 is 0 Å². The van der Waals surface area contributed by atoms with Crippen molar-refractivity contribution >= 4 is 5.91 Å². The van der Waals surface area contributed by atoms with Crippen molar-refractivity contribution in [2.75, 3.05) is 40.0 Å². The predicted octanol–water partition coefficient (Wildman–Crippen LogP) is 2.66. The van der Waals surface area contributed by atoms with Gasteiger partial charge in [-0.15, -0.1) is 0 Å². The first-order chi connectivity index (χ1) is 11.0. The SMILES string of the molecule is COCCN(CC1(C)CCOCC1)C(=O)Cc1ccccc1F. The molecule has 5 heteroatoms. The lowest BCUT2D eigenvalue weighted by atomic mass is 9.82. The lowest BCUT2D eigenvalue weighted by Crippen LogP contribution is -2.44. The largest absolute Gasteiger partial charge is 0.383 e. The van der Waals surface area contributed by atoms with E-state index in [1.165, 1.54) is 6.07 Å². The van der Waals surface area contributed by atoms with Gasteiger partial charge in [0.15, 0.2) is 0 Å². The highest BCUT2D eigenvalue weighted by Crippen LogP contribution is 2.31. The molecule has 0 N–H and O–H groups in total. The number of hydrogen-bond acceptors (Lipinski definition) is 3. The summed E-state index contributed by atoms with van der Waals surface area (Å²) in [6, 6.07) is 6.44. The lowest BCUT2D eigenvalue weighted by molar-refractivity contribution is -0.133. The van der Waals surface area contributed by atoms with E-state index < -0.39 is 0 Å². The average Bonchev–Trinajstić information content (AvgIpc) is 2.54. The van der Waals surface area contributed by atoms with Crippen LogP contribution in [0.5, 0.6) is 0 Å². The number of rotatable bonds is 7. The van der Waals surface area contributed by atoms with Gasteiger partial charge in [0, 0.05) is 33.4 Å². The van der Waals surface area contributed by atoms with Crippen LogP contribution in [-0.4, -0.2) is 50.8 Å². The van der Waals surface area contributed by atoms with Crippen molar-refractivity contribution in [2.24, 2.45) is 5.41 Å². The fourth-order valence-corrected chi connectivity index (χ4v) is 2.89. The zero-order valence-electron chi connectivity index (χ0n) is 14.0. The molecular weight excluding hydrogens is 297 g/mol. The van der Waals surface area contributed by atoms with Crippen LogP contribution < -0.4 is 0 Å². The number of nitrogens with zero attached hydrogens (tertiary/aromatic N) is 1. The fraction of sp³-hybridized carbons (Fsp3) is 0.611. The molecule has 1 aliphatic heterocycles. The number of halogens is 1. The Bertz CT molecular complexity index is 515. The number of hydrogen-bond donors (Lipinski definition) is 0. The first-order valence-electron chi connectivity index (χ1n) is 8.12. The van der Waals surface area contributed by atoms with Crippen LogP contribution in [0.15, 0.2) is 24.3 Å². The Morgan fingerprint density at radius 3 is 2.70 bits per heavy atom. The minimum absolute atomic E-state index is 0.0525. The highest BCUT2D eigenvalue weighted by atomic mass is 19.1. The molecule has 23 heavy (non-hydrogen) atoms. The third-order valence-corrected chi connectivity index (χ3v) is 4.49. The maximum Gasteiger partial charge on any atom is 0.227 e. The molecule has 0 aliphatic carbocycles. The standard InChI is InChI=1S/C18H26FNO3/c1-18(7-10-23-11-8-18)14-20(9-12-22-2)17(21)13-15-5-3-4-6-16(15)19/h3-6H,7-14H2,1-2H3. The van der Waals surface area contributed by atoms with E-state index in [1.807, 2.05) is 0 Å². The van der Waals surface area contributed by atoms with Gasteiger partial charge in [-0.05, 0) is 29.9 Å². The molecule has 1 aliphatic rings. The Morgan fingerprint density at radius 2 is 2.04 bits per heavy atom. The zero-order chi connectivity index (χ0) is 16.7. The summed E-state index contributed by atoms with van der Waals surface area (Å²) in [5.74, 6) is -0.385. The summed E-state index contributed by atoms with van der Waals surface area (Å²) in [7, 11) is 1.62. The Balaban J connectivity index is 2.04. The van der Waals surface area contributed by atoms with Gasteiger partial charge in [-0.2, -0.15) is 0 Å². The van der Waals surface area contributed by atoms with Crippen molar-refractivity contribution < 1.29 is 18.7 Å².